The fourth-order valence-electron chi connectivity index (χ4n) is 2.85. The van der Waals surface area contributed by atoms with Crippen LogP contribution in [0.25, 0.3) is 0 Å². The van der Waals surface area contributed by atoms with E-state index in [9.17, 15) is 4.79 Å². The zero-order valence-electron chi connectivity index (χ0n) is 14.8. The van der Waals surface area contributed by atoms with Gasteiger partial charge in [-0.15, -0.1) is 0 Å². The third-order valence-electron chi connectivity index (χ3n) is 4.22. The summed E-state index contributed by atoms with van der Waals surface area (Å²) in [5.74, 6) is 0. The Morgan fingerprint density at radius 3 is 2.78 bits per heavy atom. The van der Waals surface area contributed by atoms with Gasteiger partial charge in [-0.25, -0.2) is 4.79 Å². The van der Waals surface area contributed by atoms with Gasteiger partial charge >= 0.3 is 6.09 Å². The van der Waals surface area contributed by atoms with Crippen LogP contribution in [0, 0.1) is 0 Å². The van der Waals surface area contributed by atoms with Crippen molar-refractivity contribution in [2.24, 2.45) is 0 Å². The normalized spacial score (nSPS) is 20.8. The molecule has 0 spiro atoms. The van der Waals surface area contributed by atoms with Gasteiger partial charge in [-0.05, 0) is 47.1 Å². The van der Waals surface area contributed by atoms with Gasteiger partial charge in [0.25, 0.3) is 0 Å². The van der Waals surface area contributed by atoms with Crippen molar-refractivity contribution in [3.05, 3.63) is 24.3 Å². The van der Waals surface area contributed by atoms with E-state index in [1.807, 2.05) is 34.0 Å². The average molecular weight is 320 g/mol. The Balaban J connectivity index is 1.99. The first-order chi connectivity index (χ1) is 10.8. The highest BCUT2D eigenvalue weighted by Gasteiger charge is 2.31. The van der Waals surface area contributed by atoms with Crippen LogP contribution < -0.4 is 0 Å². The minimum absolute atomic E-state index is 0.165. The van der Waals surface area contributed by atoms with Crippen molar-refractivity contribution < 1.29 is 9.53 Å². The van der Waals surface area contributed by atoms with Crippen LogP contribution in [0.15, 0.2) is 18.6 Å². The number of carbonyl (C=O) groups excluding carboxylic acids is 1. The van der Waals surface area contributed by atoms with Crippen LogP contribution in [0.2, 0.25) is 0 Å². The summed E-state index contributed by atoms with van der Waals surface area (Å²) in [7, 11) is 1.83. The number of piperidine rings is 1. The molecule has 2 rings (SSSR count). The number of hydrogen-bond acceptors (Lipinski definition) is 5. The fraction of sp³-hybridized carbons (Fsp3) is 0.706. The van der Waals surface area contributed by atoms with Crippen LogP contribution in [0.4, 0.5) is 4.79 Å². The van der Waals surface area contributed by atoms with Crippen molar-refractivity contribution in [1.82, 2.24) is 19.8 Å². The van der Waals surface area contributed by atoms with Gasteiger partial charge in [0.05, 0.1) is 11.7 Å². The molecule has 0 radical (unpaired) electrons. The molecule has 128 valence electrons. The fourth-order valence-corrected chi connectivity index (χ4v) is 2.85. The molecule has 1 aliphatic heterocycles. The second kappa shape index (κ2) is 7.25. The molecule has 0 saturated carbocycles. The molecule has 6 nitrogen and oxygen atoms in total. The molecule has 0 N–H and O–H groups in total. The molecule has 1 aromatic heterocycles. The summed E-state index contributed by atoms with van der Waals surface area (Å²) in [6.45, 7) is 9.65. The lowest BCUT2D eigenvalue weighted by Gasteiger charge is -2.40. The summed E-state index contributed by atoms with van der Waals surface area (Å²) in [6, 6.07) is 0.358. The van der Waals surface area contributed by atoms with Crippen molar-refractivity contribution in [3.63, 3.8) is 0 Å². The van der Waals surface area contributed by atoms with Crippen molar-refractivity contribution in [3.8, 4) is 0 Å². The lowest BCUT2D eigenvalue weighted by molar-refractivity contribution is 0.0103. The molecule has 1 aromatic rings. The maximum atomic E-state index is 12.3. The molecule has 0 aromatic carbocycles. The summed E-state index contributed by atoms with van der Waals surface area (Å²) in [5, 5.41) is 0. The Labute approximate surface area is 138 Å². The highest BCUT2D eigenvalue weighted by molar-refractivity contribution is 5.68. The van der Waals surface area contributed by atoms with Crippen molar-refractivity contribution in [2.75, 3.05) is 20.1 Å². The first-order valence-corrected chi connectivity index (χ1v) is 8.23. The van der Waals surface area contributed by atoms with Gasteiger partial charge in [0, 0.05) is 38.2 Å². The molecule has 23 heavy (non-hydrogen) atoms. The Hall–Kier alpha value is -1.69. The second-order valence-corrected chi connectivity index (χ2v) is 7.19. The van der Waals surface area contributed by atoms with Crippen LogP contribution in [-0.2, 0) is 4.74 Å². The SMILES string of the molecule is C[C@H](c1cnccn1)N1CCC[C@H](N(C)C(=O)OC(C)(C)C)C1. The Bertz CT molecular complexity index is 515. The van der Waals surface area contributed by atoms with E-state index in [0.717, 1.165) is 31.6 Å². The van der Waals surface area contributed by atoms with E-state index in [2.05, 4.69) is 21.8 Å². The lowest BCUT2D eigenvalue weighted by Crippen LogP contribution is -2.50. The number of aromatic nitrogens is 2. The van der Waals surface area contributed by atoms with Gasteiger partial charge in [-0.2, -0.15) is 0 Å². The van der Waals surface area contributed by atoms with Crippen LogP contribution in [0.1, 0.15) is 52.3 Å². The molecule has 1 saturated heterocycles. The Morgan fingerprint density at radius 1 is 1.43 bits per heavy atom. The smallest absolute Gasteiger partial charge is 0.410 e. The molecular weight excluding hydrogens is 292 g/mol. The number of carbonyl (C=O) groups is 1. The standard InChI is InChI=1S/C17H28N4O2/c1-13(15-11-18-8-9-19-15)21-10-6-7-14(12-21)20(5)16(22)23-17(2,3)4/h8-9,11,13-14H,6-7,10,12H2,1-5H3/t13-,14+/m1/s1. The van der Waals surface area contributed by atoms with E-state index in [1.54, 1.807) is 17.3 Å². The summed E-state index contributed by atoms with van der Waals surface area (Å²) in [4.78, 5) is 24.9. The molecule has 2 atom stereocenters. The largest absolute Gasteiger partial charge is 0.444 e. The topological polar surface area (TPSA) is 58.6 Å². The zero-order valence-corrected chi connectivity index (χ0v) is 14.8. The molecule has 0 bridgehead atoms. The van der Waals surface area contributed by atoms with Crippen LogP contribution in [0.5, 0.6) is 0 Å². The van der Waals surface area contributed by atoms with E-state index in [-0.39, 0.29) is 18.2 Å². The summed E-state index contributed by atoms with van der Waals surface area (Å²) in [5.41, 5.74) is 0.500. The number of rotatable bonds is 3. The van der Waals surface area contributed by atoms with Crippen LogP contribution in [0.3, 0.4) is 0 Å². The highest BCUT2D eigenvalue weighted by Crippen LogP contribution is 2.25. The molecule has 0 aliphatic carbocycles. The van der Waals surface area contributed by atoms with Crippen molar-refractivity contribution in [2.45, 2.75) is 58.2 Å². The summed E-state index contributed by atoms with van der Waals surface area (Å²) >= 11 is 0. The summed E-state index contributed by atoms with van der Waals surface area (Å²) < 4.78 is 5.48. The molecule has 1 amide bonds. The number of ether oxygens (including phenoxy) is 1. The van der Waals surface area contributed by atoms with Gasteiger partial charge in [0.15, 0.2) is 0 Å². The predicted molar refractivity (Wildman–Crippen MR) is 89.0 cm³/mol. The van der Waals surface area contributed by atoms with Gasteiger partial charge in [0.1, 0.15) is 5.60 Å². The van der Waals surface area contributed by atoms with E-state index < -0.39 is 5.60 Å². The minimum atomic E-state index is -0.466. The van der Waals surface area contributed by atoms with E-state index >= 15 is 0 Å². The molecule has 2 heterocycles. The second-order valence-electron chi connectivity index (χ2n) is 7.19. The van der Waals surface area contributed by atoms with Crippen LogP contribution >= 0.6 is 0 Å². The monoisotopic (exact) mass is 320 g/mol. The average Bonchev–Trinajstić information content (AvgIpc) is 2.52. The maximum Gasteiger partial charge on any atom is 0.410 e. The molecule has 1 aliphatic rings. The van der Waals surface area contributed by atoms with E-state index in [1.165, 1.54) is 0 Å². The van der Waals surface area contributed by atoms with Gasteiger partial charge in [-0.3, -0.25) is 14.9 Å². The first kappa shape index (κ1) is 17.7. The van der Waals surface area contributed by atoms with E-state index in [0.29, 0.717) is 0 Å². The number of nitrogens with zero attached hydrogens (tertiary/aromatic N) is 4. The highest BCUT2D eigenvalue weighted by atomic mass is 16.6. The first-order valence-electron chi connectivity index (χ1n) is 8.23. The zero-order chi connectivity index (χ0) is 17.0. The Morgan fingerprint density at radius 2 is 2.17 bits per heavy atom. The number of amides is 1. The molecule has 1 fully saturated rings. The van der Waals surface area contributed by atoms with Crippen molar-refractivity contribution in [1.29, 1.82) is 0 Å². The minimum Gasteiger partial charge on any atom is -0.444 e. The van der Waals surface area contributed by atoms with E-state index in [4.69, 9.17) is 4.74 Å². The van der Waals surface area contributed by atoms with Gasteiger partial charge in [0.2, 0.25) is 0 Å². The maximum absolute atomic E-state index is 12.3. The van der Waals surface area contributed by atoms with Crippen LogP contribution in [-0.4, -0.2) is 57.6 Å². The lowest BCUT2D eigenvalue weighted by atomic mass is 10.0. The van der Waals surface area contributed by atoms with Gasteiger partial charge < -0.3 is 9.64 Å². The third kappa shape index (κ3) is 4.89. The number of hydrogen-bond donors (Lipinski definition) is 0. The van der Waals surface area contributed by atoms with Gasteiger partial charge in [-0.1, -0.05) is 0 Å². The predicted octanol–water partition coefficient (Wildman–Crippen LogP) is 2.87. The third-order valence-corrected chi connectivity index (χ3v) is 4.22. The summed E-state index contributed by atoms with van der Waals surface area (Å²) in [6.07, 6.45) is 7.02. The molecule has 6 heteroatoms. The quantitative estimate of drug-likeness (QED) is 0.857. The Kier molecular flexibility index (Phi) is 5.57. The van der Waals surface area contributed by atoms with Crippen molar-refractivity contribution >= 4 is 6.09 Å². The number of likely N-dealkylation sites (N-methyl/N-ethyl adjacent to an activating group) is 1. The molecule has 0 unspecified atom stereocenters. The molecular formula is C17H28N4O2. The number of likely N-dealkylation sites (tertiary alicyclic amines) is 1.